The van der Waals surface area contributed by atoms with Gasteiger partial charge in [0.05, 0.1) is 18.8 Å². The van der Waals surface area contributed by atoms with Crippen LogP contribution in [-0.4, -0.2) is 37.0 Å². The molecule has 80 valence electrons. The van der Waals surface area contributed by atoms with E-state index in [1.807, 2.05) is 0 Å². The van der Waals surface area contributed by atoms with Crippen LogP contribution in [-0.2, 0) is 19.1 Å². The Balaban J connectivity index is 0. The summed E-state index contributed by atoms with van der Waals surface area (Å²) in [4.78, 5) is 21.3. The summed E-state index contributed by atoms with van der Waals surface area (Å²) in [7, 11) is 0. The van der Waals surface area contributed by atoms with Crippen molar-refractivity contribution < 1.29 is 43.4 Å². The number of carbonyl (C=O) groups excluding carboxylic acids is 2. The molecule has 1 N–H and O–H groups in total. The van der Waals surface area contributed by atoms with E-state index in [2.05, 4.69) is 0 Å². The number of esters is 1. The van der Waals surface area contributed by atoms with Crippen molar-refractivity contribution in [2.75, 3.05) is 13.2 Å². The molecule has 5 nitrogen and oxygen atoms in total. The van der Waals surface area contributed by atoms with Gasteiger partial charge in [0, 0.05) is 0 Å². The predicted octanol–water partition coefficient (Wildman–Crippen LogP) is -2.80. The summed E-state index contributed by atoms with van der Waals surface area (Å²) in [5, 5.41) is 0. The van der Waals surface area contributed by atoms with Gasteiger partial charge in [0.2, 0.25) is 0 Å². The van der Waals surface area contributed by atoms with Crippen LogP contribution in [0.5, 0.6) is 0 Å². The number of ether oxygens (including phenoxy) is 2. The summed E-state index contributed by atoms with van der Waals surface area (Å²) in [6.45, 7) is 2.22. The second-order valence-corrected chi connectivity index (χ2v) is 2.60. The Kier molecular flexibility index (Phi) is 9.74. The van der Waals surface area contributed by atoms with E-state index in [1.54, 1.807) is 19.3 Å². The van der Waals surface area contributed by atoms with Crippen molar-refractivity contribution >= 4 is 12.3 Å². The van der Waals surface area contributed by atoms with Crippen LogP contribution < -0.4 is 18.9 Å². The van der Waals surface area contributed by atoms with Crippen LogP contribution in [0, 0.1) is 0 Å². The number of carbonyl (C=O) groups is 1. The molecule has 1 rings (SSSR count). The first kappa shape index (κ1) is 16.8. The van der Waals surface area contributed by atoms with Gasteiger partial charge in [-0.25, -0.2) is 11.1 Å². The van der Waals surface area contributed by atoms with Crippen LogP contribution in [0.3, 0.4) is 0 Å². The average molecular weight is 207 g/mol. The maximum absolute atomic E-state index is 11.1. The van der Waals surface area contributed by atoms with E-state index < -0.39 is 6.10 Å². The van der Waals surface area contributed by atoms with Crippen LogP contribution in [0.4, 0.5) is 0 Å². The van der Waals surface area contributed by atoms with Crippen molar-refractivity contribution in [2.45, 2.75) is 19.4 Å². The number of rotatable bonds is 3. The molecule has 1 heterocycles. The molecule has 1 unspecified atom stereocenters. The van der Waals surface area contributed by atoms with Crippen molar-refractivity contribution in [2.24, 2.45) is 0 Å². The smallest absolute Gasteiger partial charge is 0.870 e. The van der Waals surface area contributed by atoms with E-state index in [-0.39, 0.29) is 36.9 Å². The van der Waals surface area contributed by atoms with Crippen LogP contribution in [0.25, 0.3) is 0 Å². The van der Waals surface area contributed by atoms with E-state index in [0.717, 1.165) is 0 Å². The van der Waals surface area contributed by atoms with Crippen LogP contribution in [0.15, 0.2) is 11.6 Å². The fourth-order valence-corrected chi connectivity index (χ4v) is 1.01. The third-order valence-electron chi connectivity index (χ3n) is 1.69. The zero-order chi connectivity index (χ0) is 9.68. The van der Waals surface area contributed by atoms with E-state index >= 15 is 0 Å². The molecule has 0 fully saturated rings. The standard InChI is InChI=1S/C9H11O4.Li.H2O/c1-2-12-9(11)7-3-4-8(5-10)13-6-7;;/h3,8H,2,4,6H2,1H3;;1H2/q-1;+1;/p-1. The second kappa shape index (κ2) is 8.69. The van der Waals surface area contributed by atoms with E-state index in [4.69, 9.17) is 9.47 Å². The molecule has 0 aliphatic carbocycles. The molecule has 0 saturated carbocycles. The number of hydrogen-bond acceptors (Lipinski definition) is 5. The largest absolute Gasteiger partial charge is 1.00 e. The summed E-state index contributed by atoms with van der Waals surface area (Å²) in [5.41, 5.74) is 0.480. The molecule has 0 aromatic rings. The van der Waals surface area contributed by atoms with Crippen molar-refractivity contribution in [3.05, 3.63) is 11.6 Å². The van der Waals surface area contributed by atoms with Crippen molar-refractivity contribution in [3.63, 3.8) is 0 Å². The summed E-state index contributed by atoms with van der Waals surface area (Å²) >= 11 is 0. The molecule has 0 aromatic heterocycles. The quantitative estimate of drug-likeness (QED) is 0.283. The van der Waals surface area contributed by atoms with Crippen molar-refractivity contribution in [3.8, 4) is 0 Å². The molecule has 1 atom stereocenters. The first-order valence-electron chi connectivity index (χ1n) is 4.13. The topological polar surface area (TPSA) is 82.6 Å². The molecule has 0 aromatic carbocycles. The molecule has 1 aliphatic heterocycles. The Morgan fingerprint density at radius 3 is 2.80 bits per heavy atom. The normalized spacial score (nSPS) is 19.0. The fourth-order valence-electron chi connectivity index (χ4n) is 1.01. The first-order chi connectivity index (χ1) is 6.27. The van der Waals surface area contributed by atoms with Gasteiger partial charge in [-0.05, 0) is 19.4 Å². The maximum Gasteiger partial charge on any atom is 1.00 e. The Morgan fingerprint density at radius 1 is 1.73 bits per heavy atom. The SMILES string of the molecule is CCOC(=O)C1=CCC([C-]=O)OC1.[Li+].[OH-]. The molecule has 0 spiro atoms. The Morgan fingerprint density at radius 2 is 2.40 bits per heavy atom. The maximum atomic E-state index is 11.1. The Labute approximate surface area is 100 Å². The van der Waals surface area contributed by atoms with Crippen LogP contribution >= 0.6 is 0 Å². The zero-order valence-electron chi connectivity index (χ0n) is 8.86. The zero-order valence-corrected chi connectivity index (χ0v) is 8.86. The van der Waals surface area contributed by atoms with Gasteiger partial charge in [0.25, 0.3) is 0 Å². The summed E-state index contributed by atoms with van der Waals surface area (Å²) < 4.78 is 9.78. The van der Waals surface area contributed by atoms with Crippen molar-refractivity contribution in [1.29, 1.82) is 0 Å². The van der Waals surface area contributed by atoms with Gasteiger partial charge in [-0.1, -0.05) is 6.08 Å². The molecular weight excluding hydrogens is 195 g/mol. The summed E-state index contributed by atoms with van der Waals surface area (Å²) in [5.74, 6) is -0.369. The van der Waals surface area contributed by atoms with E-state index in [1.165, 1.54) is 0 Å². The Bertz CT molecular complexity index is 239. The molecule has 15 heavy (non-hydrogen) atoms. The van der Waals surface area contributed by atoms with E-state index in [9.17, 15) is 9.59 Å². The van der Waals surface area contributed by atoms with Gasteiger partial charge in [-0.2, -0.15) is 0 Å². The molecule has 1 aliphatic rings. The third kappa shape index (κ3) is 5.14. The van der Waals surface area contributed by atoms with Gasteiger partial charge in [-0.15, -0.1) is 0 Å². The van der Waals surface area contributed by atoms with Crippen LogP contribution in [0.1, 0.15) is 13.3 Å². The minimum atomic E-state index is -0.529. The van der Waals surface area contributed by atoms with Gasteiger partial charge < -0.3 is 19.7 Å². The van der Waals surface area contributed by atoms with Gasteiger partial charge in [0.15, 0.2) is 0 Å². The molecule has 0 amide bonds. The number of hydrogen-bond donors (Lipinski definition) is 0. The first-order valence-corrected chi connectivity index (χ1v) is 4.13. The van der Waals surface area contributed by atoms with Gasteiger partial charge in [0.1, 0.15) is 0 Å². The van der Waals surface area contributed by atoms with Gasteiger partial charge in [-0.3, -0.25) is 0 Å². The summed E-state index contributed by atoms with van der Waals surface area (Å²) in [6.07, 6.45) is 3.26. The third-order valence-corrected chi connectivity index (χ3v) is 1.69. The van der Waals surface area contributed by atoms with Crippen molar-refractivity contribution in [1.82, 2.24) is 0 Å². The second-order valence-electron chi connectivity index (χ2n) is 2.60. The molecule has 6 heteroatoms. The minimum absolute atomic E-state index is 0. The minimum Gasteiger partial charge on any atom is -0.870 e. The monoisotopic (exact) mass is 207 g/mol. The predicted molar refractivity (Wildman–Crippen MR) is 46.7 cm³/mol. The molecule has 0 radical (unpaired) electrons. The molecule has 0 bridgehead atoms. The fraction of sp³-hybridized carbons (Fsp3) is 0.556. The molecule has 0 saturated heterocycles. The van der Waals surface area contributed by atoms with E-state index in [0.29, 0.717) is 18.6 Å². The molecular formula is C9H12LiO5-. The summed E-state index contributed by atoms with van der Waals surface area (Å²) in [6, 6.07) is 0. The van der Waals surface area contributed by atoms with Crippen LogP contribution in [0.2, 0.25) is 0 Å². The van der Waals surface area contributed by atoms with Gasteiger partial charge >= 0.3 is 24.8 Å². The average Bonchev–Trinajstić information content (AvgIpc) is 2.18. The Hall–Kier alpha value is -0.603.